The monoisotopic (exact) mass is 304 g/mol. The molecule has 2 rings (SSSR count). The molecule has 4 heteroatoms. The minimum Gasteiger partial charge on any atom is -0.506 e. The summed E-state index contributed by atoms with van der Waals surface area (Å²) in [7, 11) is 0. The first kappa shape index (κ1) is 8.96. The van der Waals surface area contributed by atoms with Crippen LogP contribution in [0.4, 0.5) is 0 Å². The number of fused-ring (bicyclic) bond motifs is 1. The molecular weight excluding hydrogens is 299 g/mol. The van der Waals surface area contributed by atoms with Gasteiger partial charge in [-0.15, -0.1) is 11.3 Å². The van der Waals surface area contributed by atoms with Crippen LogP contribution < -0.4 is 0 Å². The lowest BCUT2D eigenvalue weighted by atomic mass is 10.2. The van der Waals surface area contributed by atoms with Crippen LogP contribution in [0.15, 0.2) is 17.5 Å². The van der Waals surface area contributed by atoms with Gasteiger partial charge in [0.2, 0.25) is 0 Å². The molecular formula is C9H5IO2S. The molecule has 0 fully saturated rings. The molecule has 66 valence electrons. The summed E-state index contributed by atoms with van der Waals surface area (Å²) in [6.07, 6.45) is 0.743. The number of phenols is 1. The molecule has 2 aromatic rings. The van der Waals surface area contributed by atoms with E-state index >= 15 is 0 Å². The molecule has 0 amide bonds. The van der Waals surface area contributed by atoms with Crippen molar-refractivity contribution in [2.75, 3.05) is 0 Å². The van der Waals surface area contributed by atoms with Gasteiger partial charge in [0, 0.05) is 19.9 Å². The Balaban J connectivity index is 2.87. The van der Waals surface area contributed by atoms with Crippen molar-refractivity contribution in [1.29, 1.82) is 0 Å². The first-order valence-electron chi connectivity index (χ1n) is 3.57. The van der Waals surface area contributed by atoms with Crippen molar-refractivity contribution >= 4 is 50.3 Å². The predicted octanol–water partition coefficient (Wildman–Crippen LogP) is 3.02. The molecule has 13 heavy (non-hydrogen) atoms. The second-order valence-corrected chi connectivity index (χ2v) is 4.66. The Kier molecular flexibility index (Phi) is 2.25. The fraction of sp³-hybridized carbons (Fsp3) is 0. The molecule has 1 heterocycles. The average Bonchev–Trinajstić information content (AvgIpc) is 2.48. The maximum absolute atomic E-state index is 10.5. The Morgan fingerprint density at radius 3 is 2.92 bits per heavy atom. The van der Waals surface area contributed by atoms with E-state index in [1.54, 1.807) is 6.07 Å². The third-order valence-electron chi connectivity index (χ3n) is 1.77. The van der Waals surface area contributed by atoms with Crippen LogP contribution in [-0.4, -0.2) is 11.4 Å². The summed E-state index contributed by atoms with van der Waals surface area (Å²) in [4.78, 5) is 10.5. The summed E-state index contributed by atoms with van der Waals surface area (Å²) in [5.74, 6) is 0.188. The number of aldehydes is 1. The number of benzene rings is 1. The highest BCUT2D eigenvalue weighted by atomic mass is 127. The minimum atomic E-state index is 0.188. The van der Waals surface area contributed by atoms with E-state index in [1.165, 1.54) is 17.4 Å². The molecule has 2 nitrogen and oxygen atoms in total. The van der Waals surface area contributed by atoms with Crippen molar-refractivity contribution in [3.8, 4) is 5.75 Å². The summed E-state index contributed by atoms with van der Waals surface area (Å²) in [5.41, 5.74) is 0.515. The molecule has 0 saturated carbocycles. The third-order valence-corrected chi connectivity index (χ3v) is 4.10. The number of thiophene rings is 1. The van der Waals surface area contributed by atoms with Gasteiger partial charge >= 0.3 is 0 Å². The maximum atomic E-state index is 10.5. The Labute approximate surface area is 92.3 Å². The van der Waals surface area contributed by atoms with Crippen LogP contribution in [0.5, 0.6) is 5.75 Å². The summed E-state index contributed by atoms with van der Waals surface area (Å²) in [5, 5.41) is 12.5. The van der Waals surface area contributed by atoms with Crippen molar-refractivity contribution < 1.29 is 9.90 Å². The molecule has 0 unspecified atom stereocenters. The lowest BCUT2D eigenvalue weighted by Gasteiger charge is -1.96. The number of phenolic OH excluding ortho intramolecular Hbond substituents is 1. The Morgan fingerprint density at radius 2 is 2.23 bits per heavy atom. The molecule has 0 spiro atoms. The molecule has 1 N–H and O–H groups in total. The summed E-state index contributed by atoms with van der Waals surface area (Å²) < 4.78 is 1.91. The second-order valence-electron chi connectivity index (χ2n) is 2.62. The Bertz CT molecular complexity index is 476. The van der Waals surface area contributed by atoms with Gasteiger partial charge in [0.05, 0.1) is 4.70 Å². The number of hydrogen-bond acceptors (Lipinski definition) is 3. The molecule has 0 aliphatic carbocycles. The van der Waals surface area contributed by atoms with Gasteiger partial charge in [-0.3, -0.25) is 4.79 Å². The highest BCUT2D eigenvalue weighted by molar-refractivity contribution is 14.1. The number of rotatable bonds is 1. The molecule has 0 aliphatic rings. The van der Waals surface area contributed by atoms with Gasteiger partial charge in [0.1, 0.15) is 12.0 Å². The molecule has 0 atom stereocenters. The molecule has 1 aromatic carbocycles. The van der Waals surface area contributed by atoms with Crippen LogP contribution in [-0.2, 0) is 0 Å². The lowest BCUT2D eigenvalue weighted by Crippen LogP contribution is -1.79. The normalized spacial score (nSPS) is 10.5. The van der Waals surface area contributed by atoms with Gasteiger partial charge in [-0.1, -0.05) is 0 Å². The second kappa shape index (κ2) is 3.26. The number of hydrogen-bond donors (Lipinski definition) is 1. The average molecular weight is 304 g/mol. The van der Waals surface area contributed by atoms with E-state index in [0.29, 0.717) is 5.56 Å². The SMILES string of the molecule is O=Cc1cc(O)c2scc(I)c2c1. The van der Waals surface area contributed by atoms with Crippen LogP contribution >= 0.6 is 33.9 Å². The summed E-state index contributed by atoms with van der Waals surface area (Å²) in [6, 6.07) is 3.28. The van der Waals surface area contributed by atoms with Crippen LogP contribution in [0.3, 0.4) is 0 Å². The van der Waals surface area contributed by atoms with Crippen molar-refractivity contribution in [3.63, 3.8) is 0 Å². The number of aromatic hydroxyl groups is 1. The van der Waals surface area contributed by atoms with E-state index in [1.807, 2.05) is 5.38 Å². The van der Waals surface area contributed by atoms with E-state index < -0.39 is 0 Å². The van der Waals surface area contributed by atoms with Gasteiger partial charge in [0.15, 0.2) is 0 Å². The summed E-state index contributed by atoms with van der Waals surface area (Å²) in [6.45, 7) is 0. The van der Waals surface area contributed by atoms with Crippen LogP contribution in [0, 0.1) is 3.57 Å². The van der Waals surface area contributed by atoms with E-state index in [4.69, 9.17) is 0 Å². The number of carbonyl (C=O) groups excluding carboxylic acids is 1. The van der Waals surface area contributed by atoms with Crippen molar-refractivity contribution in [1.82, 2.24) is 0 Å². The highest BCUT2D eigenvalue weighted by Crippen LogP contribution is 2.34. The quantitative estimate of drug-likeness (QED) is 0.649. The predicted molar refractivity (Wildman–Crippen MR) is 61.6 cm³/mol. The third kappa shape index (κ3) is 1.44. The van der Waals surface area contributed by atoms with Crippen molar-refractivity contribution in [3.05, 3.63) is 26.6 Å². The van der Waals surface area contributed by atoms with Gasteiger partial charge in [0.25, 0.3) is 0 Å². The fourth-order valence-electron chi connectivity index (χ4n) is 1.18. The Morgan fingerprint density at radius 1 is 1.46 bits per heavy atom. The maximum Gasteiger partial charge on any atom is 0.150 e. The summed E-state index contributed by atoms with van der Waals surface area (Å²) >= 11 is 3.67. The number of halogens is 1. The molecule has 1 aromatic heterocycles. The largest absolute Gasteiger partial charge is 0.506 e. The fourth-order valence-corrected chi connectivity index (χ4v) is 2.99. The standard InChI is InChI=1S/C9H5IO2S/c10-7-4-13-9-6(7)1-5(3-11)2-8(9)12/h1-4,12H. The zero-order chi connectivity index (χ0) is 9.42. The highest BCUT2D eigenvalue weighted by Gasteiger charge is 2.07. The number of carbonyl (C=O) groups is 1. The first-order chi connectivity index (χ1) is 6.22. The van der Waals surface area contributed by atoms with E-state index in [0.717, 1.165) is 19.9 Å². The van der Waals surface area contributed by atoms with Crippen molar-refractivity contribution in [2.45, 2.75) is 0 Å². The van der Waals surface area contributed by atoms with Crippen molar-refractivity contribution in [2.24, 2.45) is 0 Å². The van der Waals surface area contributed by atoms with Gasteiger partial charge in [-0.2, -0.15) is 0 Å². The smallest absolute Gasteiger partial charge is 0.150 e. The van der Waals surface area contributed by atoms with E-state index in [-0.39, 0.29) is 5.75 Å². The minimum absolute atomic E-state index is 0.188. The van der Waals surface area contributed by atoms with Gasteiger partial charge in [-0.05, 0) is 34.7 Å². The van der Waals surface area contributed by atoms with Gasteiger partial charge in [-0.25, -0.2) is 0 Å². The van der Waals surface area contributed by atoms with Crippen LogP contribution in [0.2, 0.25) is 0 Å². The zero-order valence-electron chi connectivity index (χ0n) is 6.45. The molecule has 0 saturated heterocycles. The topological polar surface area (TPSA) is 37.3 Å². The molecule has 0 radical (unpaired) electrons. The van der Waals surface area contributed by atoms with E-state index in [9.17, 15) is 9.90 Å². The van der Waals surface area contributed by atoms with Crippen LogP contribution in [0.1, 0.15) is 10.4 Å². The molecule has 0 bridgehead atoms. The first-order valence-corrected chi connectivity index (χ1v) is 5.53. The van der Waals surface area contributed by atoms with E-state index in [2.05, 4.69) is 22.6 Å². The molecule has 0 aliphatic heterocycles. The van der Waals surface area contributed by atoms with Gasteiger partial charge < -0.3 is 5.11 Å². The zero-order valence-corrected chi connectivity index (χ0v) is 9.43. The van der Waals surface area contributed by atoms with Crippen LogP contribution in [0.25, 0.3) is 10.1 Å². The Hall–Kier alpha value is -0.620. The lowest BCUT2D eigenvalue weighted by molar-refractivity contribution is 0.112.